The SMILES string of the molecule is C[C@@H]1Cc2ccccc2N1C(=O)CN1CCN(C)CC1. The van der Waals surface area contributed by atoms with Crippen molar-refractivity contribution in [2.24, 2.45) is 0 Å². The topological polar surface area (TPSA) is 26.8 Å². The minimum atomic E-state index is 0.243. The second-order valence-electron chi connectivity index (χ2n) is 6.03. The molecule has 0 spiro atoms. The first-order valence-corrected chi connectivity index (χ1v) is 7.46. The van der Waals surface area contributed by atoms with E-state index in [4.69, 9.17) is 0 Å². The van der Waals surface area contributed by atoms with Crippen molar-refractivity contribution in [1.82, 2.24) is 9.80 Å². The number of likely N-dealkylation sites (N-methyl/N-ethyl adjacent to an activating group) is 1. The molecule has 1 aromatic carbocycles. The van der Waals surface area contributed by atoms with Gasteiger partial charge in [-0.3, -0.25) is 9.69 Å². The highest BCUT2D eigenvalue weighted by atomic mass is 16.2. The molecule has 1 fully saturated rings. The van der Waals surface area contributed by atoms with Crippen LogP contribution in [0, 0.1) is 0 Å². The van der Waals surface area contributed by atoms with Crippen LogP contribution in [0.1, 0.15) is 12.5 Å². The molecule has 0 aromatic heterocycles. The largest absolute Gasteiger partial charge is 0.308 e. The molecule has 1 saturated heterocycles. The van der Waals surface area contributed by atoms with Gasteiger partial charge in [-0.05, 0) is 32.0 Å². The third-order valence-electron chi connectivity index (χ3n) is 4.43. The molecular weight excluding hydrogens is 250 g/mol. The van der Waals surface area contributed by atoms with Crippen LogP contribution in [0.15, 0.2) is 24.3 Å². The standard InChI is InChI=1S/C16H23N3O/c1-13-11-14-5-3-4-6-15(14)19(13)16(20)12-18-9-7-17(2)8-10-18/h3-6,13H,7-12H2,1-2H3/t13-/m1/s1. The zero-order valence-electron chi connectivity index (χ0n) is 12.4. The van der Waals surface area contributed by atoms with E-state index in [1.54, 1.807) is 0 Å². The lowest BCUT2D eigenvalue weighted by molar-refractivity contribution is -0.120. The van der Waals surface area contributed by atoms with Crippen LogP contribution in [0.5, 0.6) is 0 Å². The van der Waals surface area contributed by atoms with Gasteiger partial charge in [0.2, 0.25) is 5.91 Å². The summed E-state index contributed by atoms with van der Waals surface area (Å²) in [5.74, 6) is 0.243. The van der Waals surface area contributed by atoms with Gasteiger partial charge in [-0.2, -0.15) is 0 Å². The molecule has 0 N–H and O–H groups in total. The van der Waals surface area contributed by atoms with Crippen LogP contribution in [0.3, 0.4) is 0 Å². The predicted molar refractivity (Wildman–Crippen MR) is 81.0 cm³/mol. The van der Waals surface area contributed by atoms with Crippen molar-refractivity contribution in [2.45, 2.75) is 19.4 Å². The molecule has 20 heavy (non-hydrogen) atoms. The van der Waals surface area contributed by atoms with E-state index in [9.17, 15) is 4.79 Å². The monoisotopic (exact) mass is 273 g/mol. The number of carbonyl (C=O) groups is 1. The highest BCUT2D eigenvalue weighted by Gasteiger charge is 2.31. The minimum Gasteiger partial charge on any atom is -0.308 e. The average molecular weight is 273 g/mol. The first kappa shape index (κ1) is 13.6. The van der Waals surface area contributed by atoms with E-state index < -0.39 is 0 Å². The fourth-order valence-corrected chi connectivity index (χ4v) is 3.22. The van der Waals surface area contributed by atoms with Crippen molar-refractivity contribution in [3.63, 3.8) is 0 Å². The summed E-state index contributed by atoms with van der Waals surface area (Å²) in [6, 6.07) is 8.57. The average Bonchev–Trinajstić information content (AvgIpc) is 2.77. The molecule has 108 valence electrons. The predicted octanol–water partition coefficient (Wildman–Crippen LogP) is 1.21. The van der Waals surface area contributed by atoms with E-state index in [1.165, 1.54) is 5.56 Å². The van der Waals surface area contributed by atoms with Crippen LogP contribution >= 0.6 is 0 Å². The van der Waals surface area contributed by atoms with Gasteiger partial charge >= 0.3 is 0 Å². The zero-order chi connectivity index (χ0) is 14.1. The number of rotatable bonds is 2. The summed E-state index contributed by atoms with van der Waals surface area (Å²) in [6.07, 6.45) is 0.977. The van der Waals surface area contributed by atoms with E-state index in [1.807, 2.05) is 11.0 Å². The molecule has 0 saturated carbocycles. The number of piperazine rings is 1. The second kappa shape index (κ2) is 5.54. The van der Waals surface area contributed by atoms with E-state index in [0.717, 1.165) is 38.3 Å². The van der Waals surface area contributed by atoms with Gasteiger partial charge in [0.05, 0.1) is 6.54 Å². The Labute approximate surface area is 121 Å². The highest BCUT2D eigenvalue weighted by molar-refractivity contribution is 5.97. The molecule has 0 aliphatic carbocycles. The molecule has 2 aliphatic heterocycles. The molecule has 0 radical (unpaired) electrons. The maximum atomic E-state index is 12.6. The number of nitrogens with zero attached hydrogens (tertiary/aromatic N) is 3. The summed E-state index contributed by atoms with van der Waals surface area (Å²) < 4.78 is 0. The molecule has 2 aliphatic rings. The van der Waals surface area contributed by atoms with Crippen molar-refractivity contribution in [3.8, 4) is 0 Å². The fourth-order valence-electron chi connectivity index (χ4n) is 3.22. The van der Waals surface area contributed by atoms with Crippen molar-refractivity contribution < 1.29 is 4.79 Å². The Morgan fingerprint density at radius 1 is 1.20 bits per heavy atom. The van der Waals surface area contributed by atoms with Gasteiger partial charge in [0.25, 0.3) is 0 Å². The van der Waals surface area contributed by atoms with E-state index in [-0.39, 0.29) is 11.9 Å². The number of para-hydroxylation sites is 1. The minimum absolute atomic E-state index is 0.243. The smallest absolute Gasteiger partial charge is 0.241 e. The number of hydrogen-bond acceptors (Lipinski definition) is 3. The lowest BCUT2D eigenvalue weighted by Gasteiger charge is -2.33. The highest BCUT2D eigenvalue weighted by Crippen LogP contribution is 2.31. The van der Waals surface area contributed by atoms with Crippen LogP contribution in [0.25, 0.3) is 0 Å². The Kier molecular flexibility index (Phi) is 3.76. The Bertz CT molecular complexity index is 494. The lowest BCUT2D eigenvalue weighted by Crippen LogP contribution is -2.49. The van der Waals surface area contributed by atoms with Crippen LogP contribution in [-0.2, 0) is 11.2 Å². The molecule has 1 aromatic rings. The third-order valence-corrected chi connectivity index (χ3v) is 4.43. The zero-order valence-corrected chi connectivity index (χ0v) is 12.4. The van der Waals surface area contributed by atoms with Gasteiger partial charge in [-0.25, -0.2) is 0 Å². The quantitative estimate of drug-likeness (QED) is 0.810. The maximum Gasteiger partial charge on any atom is 0.241 e. The van der Waals surface area contributed by atoms with E-state index in [2.05, 4.69) is 42.0 Å². The van der Waals surface area contributed by atoms with Gasteiger partial charge in [0, 0.05) is 37.9 Å². The number of fused-ring (bicyclic) bond motifs is 1. The molecule has 4 nitrogen and oxygen atoms in total. The first-order chi connectivity index (χ1) is 9.65. The van der Waals surface area contributed by atoms with Gasteiger partial charge in [0.1, 0.15) is 0 Å². The van der Waals surface area contributed by atoms with Gasteiger partial charge in [-0.15, -0.1) is 0 Å². The molecule has 2 heterocycles. The molecule has 1 amide bonds. The molecule has 3 rings (SSSR count). The van der Waals surface area contributed by atoms with Gasteiger partial charge < -0.3 is 9.80 Å². The summed E-state index contributed by atoms with van der Waals surface area (Å²) in [7, 11) is 2.14. The number of hydrogen-bond donors (Lipinski definition) is 0. The van der Waals surface area contributed by atoms with Gasteiger partial charge in [-0.1, -0.05) is 18.2 Å². The summed E-state index contributed by atoms with van der Waals surface area (Å²) in [5, 5.41) is 0. The van der Waals surface area contributed by atoms with E-state index >= 15 is 0 Å². The molecule has 4 heteroatoms. The Hall–Kier alpha value is -1.39. The number of anilines is 1. The normalized spacial score (nSPS) is 23.9. The first-order valence-electron chi connectivity index (χ1n) is 7.46. The molecule has 0 bridgehead atoms. The number of carbonyl (C=O) groups excluding carboxylic acids is 1. The van der Waals surface area contributed by atoms with Crippen molar-refractivity contribution in [3.05, 3.63) is 29.8 Å². The summed E-state index contributed by atoms with van der Waals surface area (Å²) in [6.45, 7) is 6.78. The number of benzene rings is 1. The van der Waals surface area contributed by atoms with Crippen molar-refractivity contribution >= 4 is 11.6 Å². The van der Waals surface area contributed by atoms with Crippen LogP contribution in [-0.4, -0.2) is 61.5 Å². The fraction of sp³-hybridized carbons (Fsp3) is 0.562. The van der Waals surface area contributed by atoms with Crippen molar-refractivity contribution in [2.75, 3.05) is 44.7 Å². The molecule has 1 atom stereocenters. The Morgan fingerprint density at radius 3 is 2.65 bits per heavy atom. The third kappa shape index (κ3) is 2.58. The van der Waals surface area contributed by atoms with Gasteiger partial charge in [0.15, 0.2) is 0 Å². The van der Waals surface area contributed by atoms with Crippen LogP contribution < -0.4 is 4.90 Å². The maximum absolute atomic E-state index is 12.6. The summed E-state index contributed by atoms with van der Waals surface area (Å²) >= 11 is 0. The van der Waals surface area contributed by atoms with E-state index in [0.29, 0.717) is 6.54 Å². The summed E-state index contributed by atoms with van der Waals surface area (Å²) in [5.41, 5.74) is 2.41. The molecule has 0 unspecified atom stereocenters. The second-order valence-corrected chi connectivity index (χ2v) is 6.03. The van der Waals surface area contributed by atoms with Crippen molar-refractivity contribution in [1.29, 1.82) is 0 Å². The summed E-state index contributed by atoms with van der Waals surface area (Å²) in [4.78, 5) is 19.2. The molecular formula is C16H23N3O. The van der Waals surface area contributed by atoms with Crippen LogP contribution in [0.4, 0.5) is 5.69 Å². The van der Waals surface area contributed by atoms with Crippen LogP contribution in [0.2, 0.25) is 0 Å². The lowest BCUT2D eigenvalue weighted by atomic mass is 10.1. The Balaban J connectivity index is 1.68. The number of amides is 1. The Morgan fingerprint density at radius 2 is 1.90 bits per heavy atom.